The fraction of sp³-hybridized carbons (Fsp3) is 0.154. The summed E-state index contributed by atoms with van der Waals surface area (Å²) in [5.41, 5.74) is 1.07. The summed E-state index contributed by atoms with van der Waals surface area (Å²) >= 11 is 7.20. The van der Waals surface area contributed by atoms with E-state index in [0.717, 1.165) is 16.2 Å². The van der Waals surface area contributed by atoms with Crippen molar-refractivity contribution in [1.82, 2.24) is 4.98 Å². The molecular weight excluding hydrogens is 254 g/mol. The molecular formula is C13H12ClNOS. The molecule has 1 aromatic carbocycles. The molecule has 2 rings (SSSR count). The number of aromatic nitrogens is 1. The molecule has 0 aliphatic heterocycles. The lowest BCUT2D eigenvalue weighted by Gasteiger charge is -2.07. The molecule has 4 heteroatoms. The van der Waals surface area contributed by atoms with E-state index in [2.05, 4.69) is 4.98 Å². The summed E-state index contributed by atoms with van der Waals surface area (Å²) in [6, 6.07) is 7.93. The molecule has 0 bridgehead atoms. The number of ether oxygens (including phenoxy) is 1. The van der Waals surface area contributed by atoms with Gasteiger partial charge in [0.2, 0.25) is 0 Å². The molecule has 0 saturated carbocycles. The molecule has 2 nitrogen and oxygen atoms in total. The summed E-state index contributed by atoms with van der Waals surface area (Å²) in [6.07, 6.45) is 5.76. The molecule has 1 aromatic heterocycles. The number of hydrogen-bond donors (Lipinski definition) is 0. The first-order valence-corrected chi connectivity index (χ1v) is 6.44. The molecule has 0 radical (unpaired) electrons. The summed E-state index contributed by atoms with van der Waals surface area (Å²) in [6.45, 7) is 2.48. The summed E-state index contributed by atoms with van der Waals surface area (Å²) in [5, 5.41) is 0. The second-order valence-electron chi connectivity index (χ2n) is 3.41. The SMILES string of the molecule is CC=Cc1ccccc1OCc1cnc(Cl)s1. The highest BCUT2D eigenvalue weighted by atomic mass is 35.5. The van der Waals surface area contributed by atoms with Gasteiger partial charge < -0.3 is 4.74 Å². The average molecular weight is 266 g/mol. The van der Waals surface area contributed by atoms with Crippen LogP contribution in [0.2, 0.25) is 4.47 Å². The topological polar surface area (TPSA) is 22.1 Å². The fourth-order valence-corrected chi connectivity index (χ4v) is 2.32. The first-order valence-electron chi connectivity index (χ1n) is 5.24. The monoisotopic (exact) mass is 265 g/mol. The van der Waals surface area contributed by atoms with Crippen molar-refractivity contribution in [1.29, 1.82) is 0 Å². The lowest BCUT2D eigenvalue weighted by atomic mass is 10.2. The fourth-order valence-electron chi connectivity index (χ4n) is 1.43. The van der Waals surface area contributed by atoms with E-state index < -0.39 is 0 Å². The van der Waals surface area contributed by atoms with Crippen LogP contribution in [0.15, 0.2) is 36.5 Å². The largest absolute Gasteiger partial charge is 0.487 e. The Kier molecular flexibility index (Phi) is 4.18. The Morgan fingerprint density at radius 3 is 2.94 bits per heavy atom. The minimum Gasteiger partial charge on any atom is -0.487 e. The van der Waals surface area contributed by atoms with Crippen LogP contribution in [-0.2, 0) is 6.61 Å². The van der Waals surface area contributed by atoms with Gasteiger partial charge in [-0.1, -0.05) is 42.0 Å². The van der Waals surface area contributed by atoms with Crippen molar-refractivity contribution >= 4 is 29.0 Å². The van der Waals surface area contributed by atoms with Crippen LogP contribution >= 0.6 is 22.9 Å². The second kappa shape index (κ2) is 5.84. The lowest BCUT2D eigenvalue weighted by molar-refractivity contribution is 0.309. The Bertz CT molecular complexity index is 522. The molecule has 0 fully saturated rings. The quantitative estimate of drug-likeness (QED) is 0.817. The molecule has 0 spiro atoms. The first kappa shape index (κ1) is 12.1. The normalized spacial score (nSPS) is 10.9. The third-order valence-electron chi connectivity index (χ3n) is 2.16. The van der Waals surface area contributed by atoms with E-state index in [1.54, 1.807) is 6.20 Å². The summed E-state index contributed by atoms with van der Waals surface area (Å²) in [5.74, 6) is 0.870. The molecule has 2 aromatic rings. The maximum absolute atomic E-state index is 5.76. The highest BCUT2D eigenvalue weighted by Gasteiger charge is 2.03. The van der Waals surface area contributed by atoms with E-state index in [1.807, 2.05) is 43.3 Å². The second-order valence-corrected chi connectivity index (χ2v) is 5.10. The van der Waals surface area contributed by atoms with Crippen molar-refractivity contribution < 1.29 is 4.74 Å². The van der Waals surface area contributed by atoms with Crippen molar-refractivity contribution in [2.24, 2.45) is 0 Å². The van der Waals surface area contributed by atoms with Crippen LogP contribution in [0.1, 0.15) is 17.4 Å². The Hall–Kier alpha value is -1.32. The maximum Gasteiger partial charge on any atom is 0.183 e. The zero-order valence-electron chi connectivity index (χ0n) is 9.39. The number of nitrogens with zero attached hydrogens (tertiary/aromatic N) is 1. The zero-order chi connectivity index (χ0) is 12.1. The highest BCUT2D eigenvalue weighted by molar-refractivity contribution is 7.15. The lowest BCUT2D eigenvalue weighted by Crippen LogP contribution is -1.94. The van der Waals surface area contributed by atoms with E-state index in [0.29, 0.717) is 11.1 Å². The molecule has 0 aliphatic carbocycles. The van der Waals surface area contributed by atoms with E-state index in [-0.39, 0.29) is 0 Å². The van der Waals surface area contributed by atoms with E-state index in [4.69, 9.17) is 16.3 Å². The molecule has 0 amide bonds. The molecule has 0 N–H and O–H groups in total. The van der Waals surface area contributed by atoms with Crippen molar-refractivity contribution in [2.45, 2.75) is 13.5 Å². The molecule has 88 valence electrons. The smallest absolute Gasteiger partial charge is 0.183 e. The molecule has 1 heterocycles. The molecule has 17 heavy (non-hydrogen) atoms. The molecule has 0 atom stereocenters. The summed E-state index contributed by atoms with van der Waals surface area (Å²) in [4.78, 5) is 5.00. The van der Waals surface area contributed by atoms with Crippen LogP contribution in [0.25, 0.3) is 6.08 Å². The summed E-state index contributed by atoms with van der Waals surface area (Å²) in [7, 11) is 0. The van der Waals surface area contributed by atoms with Gasteiger partial charge in [0.15, 0.2) is 4.47 Å². The minimum atomic E-state index is 0.499. The van der Waals surface area contributed by atoms with Crippen LogP contribution in [0.3, 0.4) is 0 Å². The predicted octanol–water partition coefficient (Wildman–Crippen LogP) is 4.41. The van der Waals surface area contributed by atoms with Gasteiger partial charge in [-0.15, -0.1) is 11.3 Å². The Morgan fingerprint density at radius 1 is 1.41 bits per heavy atom. The number of halogens is 1. The van der Waals surface area contributed by atoms with Gasteiger partial charge in [-0.2, -0.15) is 0 Å². The van der Waals surface area contributed by atoms with Gasteiger partial charge in [0.25, 0.3) is 0 Å². The number of para-hydroxylation sites is 1. The summed E-state index contributed by atoms with van der Waals surface area (Å²) < 4.78 is 6.30. The number of benzene rings is 1. The van der Waals surface area contributed by atoms with E-state index in [9.17, 15) is 0 Å². The van der Waals surface area contributed by atoms with E-state index >= 15 is 0 Å². The zero-order valence-corrected chi connectivity index (χ0v) is 11.0. The predicted molar refractivity (Wildman–Crippen MR) is 72.6 cm³/mol. The van der Waals surface area contributed by atoms with Gasteiger partial charge in [-0.3, -0.25) is 0 Å². The average Bonchev–Trinajstić information content (AvgIpc) is 2.74. The van der Waals surface area contributed by atoms with Gasteiger partial charge in [-0.05, 0) is 13.0 Å². The molecule has 0 aliphatic rings. The van der Waals surface area contributed by atoms with Crippen LogP contribution in [-0.4, -0.2) is 4.98 Å². The number of thiazole rings is 1. The van der Waals surface area contributed by atoms with Gasteiger partial charge >= 0.3 is 0 Å². The van der Waals surface area contributed by atoms with Crippen LogP contribution in [0.4, 0.5) is 0 Å². The highest BCUT2D eigenvalue weighted by Crippen LogP contribution is 2.23. The number of allylic oxidation sites excluding steroid dienone is 1. The molecule has 0 saturated heterocycles. The van der Waals surface area contributed by atoms with Crippen molar-refractivity contribution in [2.75, 3.05) is 0 Å². The van der Waals surface area contributed by atoms with Gasteiger partial charge in [0.1, 0.15) is 12.4 Å². The van der Waals surface area contributed by atoms with Crippen molar-refractivity contribution in [3.05, 3.63) is 51.4 Å². The van der Waals surface area contributed by atoms with Crippen LogP contribution in [0, 0.1) is 0 Å². The van der Waals surface area contributed by atoms with Gasteiger partial charge in [0.05, 0.1) is 4.88 Å². The molecule has 0 unspecified atom stereocenters. The van der Waals surface area contributed by atoms with Crippen LogP contribution < -0.4 is 4.74 Å². The first-order chi connectivity index (χ1) is 8.29. The third kappa shape index (κ3) is 3.32. The number of rotatable bonds is 4. The Balaban J connectivity index is 2.08. The van der Waals surface area contributed by atoms with Crippen molar-refractivity contribution in [3.8, 4) is 5.75 Å². The van der Waals surface area contributed by atoms with Gasteiger partial charge in [0, 0.05) is 11.8 Å². The maximum atomic E-state index is 5.76. The minimum absolute atomic E-state index is 0.499. The Labute approximate surface area is 110 Å². The standard InChI is InChI=1S/C13H12ClNOS/c1-2-5-10-6-3-4-7-12(10)16-9-11-8-15-13(14)17-11/h2-8H,9H2,1H3. The van der Waals surface area contributed by atoms with Crippen LogP contribution in [0.5, 0.6) is 5.75 Å². The van der Waals surface area contributed by atoms with E-state index in [1.165, 1.54) is 11.3 Å². The third-order valence-corrected chi connectivity index (χ3v) is 3.25. The van der Waals surface area contributed by atoms with Crippen molar-refractivity contribution in [3.63, 3.8) is 0 Å². The Morgan fingerprint density at radius 2 is 2.24 bits per heavy atom. The number of hydrogen-bond acceptors (Lipinski definition) is 3. The van der Waals surface area contributed by atoms with Gasteiger partial charge in [-0.25, -0.2) is 4.98 Å².